The summed E-state index contributed by atoms with van der Waals surface area (Å²) in [5.74, 6) is -0.109. The van der Waals surface area contributed by atoms with Crippen molar-refractivity contribution in [3.05, 3.63) is 52.0 Å². The quantitative estimate of drug-likeness (QED) is 0.544. The molecule has 7 heteroatoms. The van der Waals surface area contributed by atoms with Gasteiger partial charge >= 0.3 is 0 Å². The zero-order valence-corrected chi connectivity index (χ0v) is 16.8. The van der Waals surface area contributed by atoms with Crippen molar-refractivity contribution >= 4 is 46.4 Å². The first-order valence-corrected chi connectivity index (χ1v) is 9.47. The number of anilines is 2. The number of unbranched alkanes of at least 4 members (excludes halogenated alkanes) is 2. The Labute approximate surface area is 169 Å². The summed E-state index contributed by atoms with van der Waals surface area (Å²) in [5, 5.41) is 6.02. The molecule has 2 aromatic carbocycles. The van der Waals surface area contributed by atoms with E-state index in [4.69, 9.17) is 27.9 Å². The predicted molar refractivity (Wildman–Crippen MR) is 110 cm³/mol. The van der Waals surface area contributed by atoms with E-state index < -0.39 is 0 Å². The average molecular weight is 409 g/mol. The molecule has 0 aliphatic heterocycles. The minimum absolute atomic E-state index is 0.159. The normalized spacial score (nSPS) is 10.4. The summed E-state index contributed by atoms with van der Waals surface area (Å²) in [6.45, 7) is 4.07. The van der Waals surface area contributed by atoms with Crippen LogP contribution in [0.25, 0.3) is 0 Å². The van der Waals surface area contributed by atoms with Gasteiger partial charge < -0.3 is 15.4 Å². The molecule has 144 valence electrons. The molecule has 0 fully saturated rings. The SMILES string of the molecule is CCCCCOc1c(Cl)cc(C(=O)Nc2ccc(NC(C)=O)cc2)cc1Cl. The Bertz CT molecular complexity index is 784. The Morgan fingerprint density at radius 3 is 2.04 bits per heavy atom. The van der Waals surface area contributed by atoms with Gasteiger partial charge in [-0.25, -0.2) is 0 Å². The van der Waals surface area contributed by atoms with E-state index >= 15 is 0 Å². The third-order valence-electron chi connectivity index (χ3n) is 3.72. The van der Waals surface area contributed by atoms with E-state index in [9.17, 15) is 9.59 Å². The maximum atomic E-state index is 12.5. The van der Waals surface area contributed by atoms with Gasteiger partial charge in [-0.15, -0.1) is 0 Å². The molecule has 27 heavy (non-hydrogen) atoms. The Hall–Kier alpha value is -2.24. The highest BCUT2D eigenvalue weighted by molar-refractivity contribution is 6.37. The number of amides is 2. The first kappa shape index (κ1) is 21.1. The first-order valence-electron chi connectivity index (χ1n) is 8.71. The van der Waals surface area contributed by atoms with Crippen LogP contribution in [0.1, 0.15) is 43.5 Å². The maximum absolute atomic E-state index is 12.5. The zero-order valence-electron chi connectivity index (χ0n) is 15.3. The highest BCUT2D eigenvalue weighted by Crippen LogP contribution is 2.34. The number of halogens is 2. The van der Waals surface area contributed by atoms with Gasteiger partial charge in [0.2, 0.25) is 5.91 Å². The number of carbonyl (C=O) groups is 2. The van der Waals surface area contributed by atoms with Gasteiger partial charge in [0.05, 0.1) is 16.7 Å². The lowest BCUT2D eigenvalue weighted by Crippen LogP contribution is -2.12. The van der Waals surface area contributed by atoms with E-state index in [1.807, 2.05) is 0 Å². The topological polar surface area (TPSA) is 67.4 Å². The van der Waals surface area contributed by atoms with Crippen LogP contribution in [-0.2, 0) is 4.79 Å². The molecule has 2 amide bonds. The van der Waals surface area contributed by atoms with Gasteiger partial charge in [-0.2, -0.15) is 0 Å². The van der Waals surface area contributed by atoms with Crippen LogP contribution in [0.3, 0.4) is 0 Å². The van der Waals surface area contributed by atoms with Crippen molar-refractivity contribution in [1.29, 1.82) is 0 Å². The monoisotopic (exact) mass is 408 g/mol. The first-order chi connectivity index (χ1) is 12.9. The molecule has 0 aliphatic rings. The second kappa shape index (κ2) is 10.2. The Morgan fingerprint density at radius 2 is 1.52 bits per heavy atom. The number of rotatable bonds is 8. The van der Waals surface area contributed by atoms with Gasteiger partial charge in [0.15, 0.2) is 5.75 Å². The molecule has 0 bridgehead atoms. The standard InChI is InChI=1S/C20H22Cl2N2O3/c1-3-4-5-10-27-19-17(21)11-14(12-18(19)22)20(26)24-16-8-6-15(7-9-16)23-13(2)25/h6-9,11-12H,3-5,10H2,1-2H3,(H,23,25)(H,24,26). The molecule has 0 saturated heterocycles. The summed E-state index contributed by atoms with van der Waals surface area (Å²) in [6.07, 6.45) is 3.08. The van der Waals surface area contributed by atoms with Crippen LogP contribution >= 0.6 is 23.2 Å². The molecule has 0 atom stereocenters. The van der Waals surface area contributed by atoms with E-state index in [0.717, 1.165) is 19.3 Å². The predicted octanol–water partition coefficient (Wildman–Crippen LogP) is 5.77. The number of benzene rings is 2. The fourth-order valence-electron chi connectivity index (χ4n) is 2.40. The average Bonchev–Trinajstić information content (AvgIpc) is 2.61. The molecule has 0 heterocycles. The number of nitrogens with one attached hydrogen (secondary N) is 2. The molecule has 0 aromatic heterocycles. The minimum Gasteiger partial charge on any atom is -0.490 e. The fraction of sp³-hybridized carbons (Fsp3) is 0.300. The van der Waals surface area contributed by atoms with Gasteiger partial charge in [0.25, 0.3) is 5.91 Å². The van der Waals surface area contributed by atoms with Crippen LogP contribution in [0.15, 0.2) is 36.4 Å². The van der Waals surface area contributed by atoms with Crippen LogP contribution in [0.5, 0.6) is 5.75 Å². The fourth-order valence-corrected chi connectivity index (χ4v) is 2.99. The lowest BCUT2D eigenvalue weighted by Gasteiger charge is -2.12. The Morgan fingerprint density at radius 1 is 0.963 bits per heavy atom. The van der Waals surface area contributed by atoms with Crippen molar-refractivity contribution in [3.63, 3.8) is 0 Å². The second-order valence-electron chi connectivity index (χ2n) is 6.04. The smallest absolute Gasteiger partial charge is 0.255 e. The number of ether oxygens (including phenoxy) is 1. The molecule has 0 spiro atoms. The summed E-state index contributed by atoms with van der Waals surface area (Å²) in [6, 6.07) is 9.84. The molecule has 0 aliphatic carbocycles. The molecule has 0 unspecified atom stereocenters. The number of carbonyl (C=O) groups excluding carboxylic acids is 2. The van der Waals surface area contributed by atoms with Crippen molar-refractivity contribution < 1.29 is 14.3 Å². The van der Waals surface area contributed by atoms with Crippen LogP contribution in [-0.4, -0.2) is 18.4 Å². The molecular formula is C20H22Cl2N2O3. The Balaban J connectivity index is 2.04. The minimum atomic E-state index is -0.344. The summed E-state index contributed by atoms with van der Waals surface area (Å²) in [7, 11) is 0. The van der Waals surface area contributed by atoms with Crippen molar-refractivity contribution in [2.24, 2.45) is 0 Å². The molecule has 0 saturated carbocycles. The van der Waals surface area contributed by atoms with E-state index in [-0.39, 0.29) is 11.8 Å². The van der Waals surface area contributed by atoms with Crippen molar-refractivity contribution in [1.82, 2.24) is 0 Å². The lowest BCUT2D eigenvalue weighted by molar-refractivity contribution is -0.114. The van der Waals surface area contributed by atoms with E-state index in [1.54, 1.807) is 24.3 Å². The van der Waals surface area contributed by atoms with Crippen LogP contribution in [0.4, 0.5) is 11.4 Å². The highest BCUT2D eigenvalue weighted by Gasteiger charge is 2.14. The molecular weight excluding hydrogens is 387 g/mol. The van der Waals surface area contributed by atoms with Gasteiger partial charge in [0, 0.05) is 23.9 Å². The van der Waals surface area contributed by atoms with Gasteiger partial charge in [-0.1, -0.05) is 43.0 Å². The maximum Gasteiger partial charge on any atom is 0.255 e. The van der Waals surface area contributed by atoms with Crippen molar-refractivity contribution in [2.75, 3.05) is 17.2 Å². The summed E-state index contributed by atoms with van der Waals surface area (Å²) in [5.41, 5.74) is 1.56. The van der Waals surface area contributed by atoms with Gasteiger partial charge in [-0.05, 0) is 42.8 Å². The molecule has 5 nitrogen and oxygen atoms in total. The zero-order chi connectivity index (χ0) is 19.8. The van der Waals surface area contributed by atoms with Crippen molar-refractivity contribution in [2.45, 2.75) is 33.1 Å². The molecule has 2 N–H and O–H groups in total. The molecule has 2 aromatic rings. The summed E-state index contributed by atoms with van der Waals surface area (Å²) < 4.78 is 5.64. The third-order valence-corrected chi connectivity index (χ3v) is 4.28. The van der Waals surface area contributed by atoms with Crippen LogP contribution < -0.4 is 15.4 Å². The third kappa shape index (κ3) is 6.45. The van der Waals surface area contributed by atoms with E-state index in [2.05, 4.69) is 17.6 Å². The number of hydrogen-bond donors (Lipinski definition) is 2. The molecule has 0 radical (unpaired) electrons. The molecule has 2 rings (SSSR count). The van der Waals surface area contributed by atoms with Crippen molar-refractivity contribution in [3.8, 4) is 5.75 Å². The highest BCUT2D eigenvalue weighted by atomic mass is 35.5. The van der Waals surface area contributed by atoms with Crippen LogP contribution in [0.2, 0.25) is 10.0 Å². The second-order valence-corrected chi connectivity index (χ2v) is 6.85. The summed E-state index contributed by atoms with van der Waals surface area (Å²) in [4.78, 5) is 23.5. The largest absolute Gasteiger partial charge is 0.490 e. The number of hydrogen-bond acceptors (Lipinski definition) is 3. The van der Waals surface area contributed by atoms with Crippen LogP contribution in [0, 0.1) is 0 Å². The van der Waals surface area contributed by atoms with E-state index in [0.29, 0.717) is 39.3 Å². The van der Waals surface area contributed by atoms with Gasteiger partial charge in [-0.3, -0.25) is 9.59 Å². The Kier molecular flexibility index (Phi) is 7.95. The van der Waals surface area contributed by atoms with Gasteiger partial charge in [0.1, 0.15) is 0 Å². The van der Waals surface area contributed by atoms with E-state index in [1.165, 1.54) is 19.1 Å². The summed E-state index contributed by atoms with van der Waals surface area (Å²) >= 11 is 12.5. The lowest BCUT2D eigenvalue weighted by atomic mass is 10.2.